The van der Waals surface area contributed by atoms with Gasteiger partial charge in [0, 0.05) is 25.2 Å². The summed E-state index contributed by atoms with van der Waals surface area (Å²) in [6.07, 6.45) is 6.57. The number of pyridine rings is 1. The zero-order chi connectivity index (χ0) is 15.4. The summed E-state index contributed by atoms with van der Waals surface area (Å²) in [4.78, 5) is 19.1. The zero-order valence-electron chi connectivity index (χ0n) is 12.0. The van der Waals surface area contributed by atoms with Crippen molar-refractivity contribution < 1.29 is 9.53 Å². The molecule has 2 aromatic rings. The highest BCUT2D eigenvalue weighted by Gasteiger charge is 2.29. The second-order valence-electron chi connectivity index (χ2n) is 5.21. The van der Waals surface area contributed by atoms with Crippen LogP contribution in [0.2, 0.25) is 0 Å². The number of carbonyl (C=O) groups is 1. The predicted octanol–water partition coefficient (Wildman–Crippen LogP) is 1.93. The minimum Gasteiger partial charge on any atom is -0.371 e. The number of hydrogen-bond acceptors (Lipinski definition) is 4. The Bertz CT molecular complexity index is 690. The van der Waals surface area contributed by atoms with E-state index in [-0.39, 0.29) is 18.1 Å². The van der Waals surface area contributed by atoms with Gasteiger partial charge in [-0.05, 0) is 36.6 Å². The number of amides is 1. The first-order valence-electron chi connectivity index (χ1n) is 7.19. The van der Waals surface area contributed by atoms with E-state index in [0.29, 0.717) is 17.9 Å². The van der Waals surface area contributed by atoms with Gasteiger partial charge in [0.1, 0.15) is 17.9 Å². The largest absolute Gasteiger partial charge is 0.371 e. The summed E-state index contributed by atoms with van der Waals surface area (Å²) in [7, 11) is 0. The molecule has 1 fully saturated rings. The topological polar surface area (TPSA) is 90.8 Å². The SMILES string of the molecule is N#Cc1cc(C(=O)N[C@H]2CCCO[C@@H]2c2ccncc2)c[nH]1. The van der Waals surface area contributed by atoms with Crippen LogP contribution in [-0.4, -0.2) is 28.5 Å². The van der Waals surface area contributed by atoms with Crippen LogP contribution in [0.3, 0.4) is 0 Å². The van der Waals surface area contributed by atoms with E-state index in [1.54, 1.807) is 24.7 Å². The van der Waals surface area contributed by atoms with Crippen molar-refractivity contribution in [3.63, 3.8) is 0 Å². The monoisotopic (exact) mass is 296 g/mol. The molecule has 0 spiro atoms. The van der Waals surface area contributed by atoms with Crippen LogP contribution in [-0.2, 0) is 4.74 Å². The summed E-state index contributed by atoms with van der Waals surface area (Å²) < 4.78 is 5.84. The fourth-order valence-electron chi connectivity index (χ4n) is 2.65. The van der Waals surface area contributed by atoms with Gasteiger partial charge in [0.25, 0.3) is 5.91 Å². The normalized spacial score (nSPS) is 21.0. The number of carbonyl (C=O) groups excluding carboxylic acids is 1. The maximum atomic E-state index is 12.3. The summed E-state index contributed by atoms with van der Waals surface area (Å²) in [5.41, 5.74) is 1.83. The van der Waals surface area contributed by atoms with Crippen molar-refractivity contribution in [3.05, 3.63) is 53.6 Å². The van der Waals surface area contributed by atoms with Gasteiger partial charge in [-0.2, -0.15) is 5.26 Å². The van der Waals surface area contributed by atoms with Gasteiger partial charge < -0.3 is 15.0 Å². The third-order valence-electron chi connectivity index (χ3n) is 3.74. The molecular formula is C16H16N4O2. The van der Waals surface area contributed by atoms with Crippen molar-refractivity contribution in [2.45, 2.75) is 25.0 Å². The average Bonchev–Trinajstić information content (AvgIpc) is 3.05. The van der Waals surface area contributed by atoms with Gasteiger partial charge >= 0.3 is 0 Å². The Hall–Kier alpha value is -2.65. The molecule has 0 saturated carbocycles. The quantitative estimate of drug-likeness (QED) is 0.905. The summed E-state index contributed by atoms with van der Waals surface area (Å²) in [6, 6.07) is 7.23. The molecule has 22 heavy (non-hydrogen) atoms. The average molecular weight is 296 g/mol. The van der Waals surface area contributed by atoms with Gasteiger partial charge in [-0.1, -0.05) is 0 Å². The van der Waals surface area contributed by atoms with Gasteiger partial charge in [-0.3, -0.25) is 9.78 Å². The van der Waals surface area contributed by atoms with Gasteiger partial charge in [0.05, 0.1) is 11.6 Å². The Labute approximate surface area is 128 Å². The number of rotatable bonds is 3. The van der Waals surface area contributed by atoms with Crippen LogP contribution in [0.15, 0.2) is 36.8 Å². The molecule has 0 aromatic carbocycles. The smallest absolute Gasteiger partial charge is 0.253 e. The van der Waals surface area contributed by atoms with Crippen LogP contribution >= 0.6 is 0 Å². The highest BCUT2D eigenvalue weighted by atomic mass is 16.5. The Morgan fingerprint density at radius 3 is 3.00 bits per heavy atom. The molecule has 2 atom stereocenters. The number of ether oxygens (including phenoxy) is 1. The maximum absolute atomic E-state index is 12.3. The molecule has 0 radical (unpaired) electrons. The Kier molecular flexibility index (Phi) is 4.17. The van der Waals surface area contributed by atoms with Crippen molar-refractivity contribution in [1.29, 1.82) is 5.26 Å². The van der Waals surface area contributed by atoms with E-state index in [1.807, 2.05) is 18.2 Å². The maximum Gasteiger partial charge on any atom is 0.253 e. The summed E-state index contributed by atoms with van der Waals surface area (Å²) >= 11 is 0. The first kappa shape index (κ1) is 14.3. The van der Waals surface area contributed by atoms with Crippen LogP contribution < -0.4 is 5.32 Å². The summed E-state index contributed by atoms with van der Waals surface area (Å²) in [5.74, 6) is -0.202. The molecule has 0 aliphatic carbocycles. The minimum absolute atomic E-state index is 0.0934. The molecule has 6 nitrogen and oxygen atoms in total. The Morgan fingerprint density at radius 1 is 1.45 bits per heavy atom. The molecule has 0 bridgehead atoms. The standard InChI is InChI=1S/C16H16N4O2/c17-9-13-8-12(10-19-13)16(21)20-14-2-1-7-22-15(14)11-3-5-18-6-4-11/h3-6,8,10,14-15,19H,1-2,7H2,(H,20,21)/t14-,15+/m0/s1. The highest BCUT2D eigenvalue weighted by Crippen LogP contribution is 2.28. The molecule has 1 aliphatic rings. The Morgan fingerprint density at radius 2 is 2.27 bits per heavy atom. The molecule has 1 amide bonds. The van der Waals surface area contributed by atoms with Crippen molar-refractivity contribution in [2.24, 2.45) is 0 Å². The predicted molar refractivity (Wildman–Crippen MR) is 78.9 cm³/mol. The van der Waals surface area contributed by atoms with Crippen LogP contribution in [0.4, 0.5) is 0 Å². The van der Waals surface area contributed by atoms with Crippen LogP contribution in [0.5, 0.6) is 0 Å². The summed E-state index contributed by atoms with van der Waals surface area (Å²) in [6.45, 7) is 0.683. The number of H-pyrrole nitrogens is 1. The van der Waals surface area contributed by atoms with Gasteiger partial charge in [-0.15, -0.1) is 0 Å². The van der Waals surface area contributed by atoms with E-state index in [2.05, 4.69) is 15.3 Å². The molecule has 2 N–H and O–H groups in total. The minimum atomic E-state index is -0.202. The van der Waals surface area contributed by atoms with Crippen LogP contribution in [0, 0.1) is 11.3 Å². The highest BCUT2D eigenvalue weighted by molar-refractivity contribution is 5.94. The number of nitriles is 1. The molecule has 3 rings (SSSR count). The lowest BCUT2D eigenvalue weighted by atomic mass is 9.96. The second-order valence-corrected chi connectivity index (χ2v) is 5.21. The van der Waals surface area contributed by atoms with Gasteiger partial charge in [0.2, 0.25) is 0 Å². The first-order chi connectivity index (χ1) is 10.8. The lowest BCUT2D eigenvalue weighted by Crippen LogP contribution is -2.42. The third-order valence-corrected chi connectivity index (χ3v) is 3.74. The number of hydrogen-bond donors (Lipinski definition) is 2. The fraction of sp³-hybridized carbons (Fsp3) is 0.312. The van der Waals surface area contributed by atoms with Gasteiger partial charge in [0.15, 0.2) is 0 Å². The summed E-state index contributed by atoms with van der Waals surface area (Å²) in [5, 5.41) is 11.8. The number of nitrogens with one attached hydrogen (secondary N) is 2. The van der Waals surface area contributed by atoms with E-state index >= 15 is 0 Å². The van der Waals surface area contributed by atoms with Crippen molar-refractivity contribution in [3.8, 4) is 6.07 Å². The van der Waals surface area contributed by atoms with Crippen LogP contribution in [0.25, 0.3) is 0 Å². The molecule has 112 valence electrons. The fourth-order valence-corrected chi connectivity index (χ4v) is 2.65. The number of nitrogens with zero attached hydrogens (tertiary/aromatic N) is 2. The molecule has 0 unspecified atom stereocenters. The molecule has 3 heterocycles. The first-order valence-corrected chi connectivity index (χ1v) is 7.19. The molecule has 6 heteroatoms. The molecule has 1 aliphatic heterocycles. The van der Waals surface area contributed by atoms with E-state index < -0.39 is 0 Å². The van der Waals surface area contributed by atoms with E-state index in [0.717, 1.165) is 18.4 Å². The molecule has 1 saturated heterocycles. The zero-order valence-corrected chi connectivity index (χ0v) is 12.0. The van der Waals surface area contributed by atoms with Gasteiger partial charge in [-0.25, -0.2) is 0 Å². The van der Waals surface area contributed by atoms with Crippen molar-refractivity contribution in [1.82, 2.24) is 15.3 Å². The van der Waals surface area contributed by atoms with E-state index in [9.17, 15) is 4.79 Å². The van der Waals surface area contributed by atoms with E-state index in [4.69, 9.17) is 10.00 Å². The van der Waals surface area contributed by atoms with Crippen molar-refractivity contribution in [2.75, 3.05) is 6.61 Å². The molecular weight excluding hydrogens is 280 g/mol. The van der Waals surface area contributed by atoms with Crippen molar-refractivity contribution >= 4 is 5.91 Å². The molecule has 2 aromatic heterocycles. The van der Waals surface area contributed by atoms with Crippen LogP contribution in [0.1, 0.15) is 40.6 Å². The third kappa shape index (κ3) is 3.00. The second kappa shape index (κ2) is 6.41. The number of aromatic amines is 1. The van der Waals surface area contributed by atoms with E-state index in [1.165, 1.54) is 0 Å². The lowest BCUT2D eigenvalue weighted by molar-refractivity contribution is -0.00950. The number of aromatic nitrogens is 2. The Balaban J connectivity index is 1.74. The lowest BCUT2D eigenvalue weighted by Gasteiger charge is -2.32.